The molecule has 0 amide bonds. The van der Waals surface area contributed by atoms with Crippen molar-refractivity contribution in [1.82, 2.24) is 0 Å². The van der Waals surface area contributed by atoms with Crippen LogP contribution in [0.4, 0.5) is 0 Å². The molecule has 2 heteroatoms. The first-order chi connectivity index (χ1) is 6.64. The highest BCUT2D eigenvalue weighted by Gasteiger charge is 2.41. The van der Waals surface area contributed by atoms with Crippen molar-refractivity contribution < 1.29 is 5.11 Å². The third kappa shape index (κ3) is 1.51. The van der Waals surface area contributed by atoms with Crippen LogP contribution in [0.15, 0.2) is 24.3 Å². The smallest absolute Gasteiger partial charge is 0.0991 e. The summed E-state index contributed by atoms with van der Waals surface area (Å²) >= 11 is 0. The summed E-state index contributed by atoms with van der Waals surface area (Å²) in [6.07, 6.45) is 2.17. The lowest BCUT2D eigenvalue weighted by Crippen LogP contribution is -2.23. The maximum absolute atomic E-state index is 10.2. The van der Waals surface area contributed by atoms with Crippen LogP contribution in [-0.4, -0.2) is 5.11 Å². The van der Waals surface area contributed by atoms with Crippen LogP contribution in [0.3, 0.4) is 0 Å². The number of rotatable bonds is 2. The Balaban J connectivity index is 2.36. The van der Waals surface area contributed by atoms with Crippen LogP contribution in [-0.2, 0) is 5.60 Å². The van der Waals surface area contributed by atoms with Crippen LogP contribution in [0.2, 0.25) is 0 Å². The zero-order chi connectivity index (χ0) is 10.2. The molecular weight excluding hydrogens is 174 g/mol. The van der Waals surface area contributed by atoms with Gasteiger partial charge in [0.2, 0.25) is 0 Å². The van der Waals surface area contributed by atoms with Gasteiger partial charge in [-0.2, -0.15) is 5.26 Å². The van der Waals surface area contributed by atoms with Crippen molar-refractivity contribution in [3.05, 3.63) is 35.4 Å². The van der Waals surface area contributed by atoms with E-state index >= 15 is 0 Å². The molecule has 1 aromatic rings. The van der Waals surface area contributed by atoms with E-state index in [9.17, 15) is 5.11 Å². The van der Waals surface area contributed by atoms with Crippen molar-refractivity contribution in [2.45, 2.75) is 25.4 Å². The fraction of sp³-hybridized carbons (Fsp3) is 0.417. The Morgan fingerprint density at radius 1 is 1.50 bits per heavy atom. The van der Waals surface area contributed by atoms with Gasteiger partial charge in [0.25, 0.3) is 0 Å². The van der Waals surface area contributed by atoms with Gasteiger partial charge in [-0.15, -0.1) is 0 Å². The summed E-state index contributed by atoms with van der Waals surface area (Å²) in [5.74, 6) is 0.372. The number of nitriles is 1. The Morgan fingerprint density at radius 3 is 2.79 bits per heavy atom. The van der Waals surface area contributed by atoms with Gasteiger partial charge in [-0.05, 0) is 43.4 Å². The van der Waals surface area contributed by atoms with E-state index in [4.69, 9.17) is 5.26 Å². The van der Waals surface area contributed by atoms with E-state index < -0.39 is 5.60 Å². The Morgan fingerprint density at radius 2 is 2.21 bits per heavy atom. The first-order valence-corrected chi connectivity index (χ1v) is 4.87. The van der Waals surface area contributed by atoms with Gasteiger partial charge in [0.15, 0.2) is 0 Å². The predicted octanol–water partition coefficient (Wildman–Crippen LogP) is 2.18. The lowest BCUT2D eigenvalue weighted by Gasteiger charge is -2.23. The fourth-order valence-electron chi connectivity index (χ4n) is 1.78. The van der Waals surface area contributed by atoms with E-state index in [1.807, 2.05) is 19.1 Å². The minimum Gasteiger partial charge on any atom is -0.385 e. The molecule has 0 heterocycles. The molecule has 1 fully saturated rings. The molecule has 14 heavy (non-hydrogen) atoms. The van der Waals surface area contributed by atoms with E-state index in [0.717, 1.165) is 18.4 Å². The zero-order valence-corrected chi connectivity index (χ0v) is 8.20. The quantitative estimate of drug-likeness (QED) is 0.771. The van der Waals surface area contributed by atoms with Crippen LogP contribution in [0.5, 0.6) is 0 Å². The number of benzene rings is 1. The predicted molar refractivity (Wildman–Crippen MR) is 53.5 cm³/mol. The molecule has 0 aliphatic heterocycles. The minimum atomic E-state index is -0.757. The third-order valence-corrected chi connectivity index (χ3v) is 2.95. The highest BCUT2D eigenvalue weighted by molar-refractivity contribution is 5.36. The summed E-state index contributed by atoms with van der Waals surface area (Å²) < 4.78 is 0. The Hall–Kier alpha value is -1.33. The highest BCUT2D eigenvalue weighted by atomic mass is 16.3. The normalized spacial score (nSPS) is 19.8. The molecule has 0 spiro atoms. The van der Waals surface area contributed by atoms with Gasteiger partial charge in [0, 0.05) is 0 Å². The first-order valence-electron chi connectivity index (χ1n) is 4.87. The van der Waals surface area contributed by atoms with Crippen molar-refractivity contribution in [3.63, 3.8) is 0 Å². The SMILES string of the molecule is CC(O)(c1cccc(C#N)c1)C1CC1. The molecule has 0 saturated heterocycles. The number of hydrogen-bond acceptors (Lipinski definition) is 2. The van der Waals surface area contributed by atoms with Gasteiger partial charge >= 0.3 is 0 Å². The maximum atomic E-state index is 10.2. The molecule has 1 aromatic carbocycles. The molecule has 1 atom stereocenters. The molecule has 2 nitrogen and oxygen atoms in total. The van der Waals surface area contributed by atoms with Gasteiger partial charge < -0.3 is 5.11 Å². The standard InChI is InChI=1S/C12H13NO/c1-12(14,10-5-6-10)11-4-2-3-9(7-11)8-13/h2-4,7,10,14H,5-6H2,1H3. The second-order valence-corrected chi connectivity index (χ2v) is 4.11. The van der Waals surface area contributed by atoms with E-state index in [2.05, 4.69) is 6.07 Å². The van der Waals surface area contributed by atoms with Crippen LogP contribution < -0.4 is 0 Å². The minimum absolute atomic E-state index is 0.372. The molecule has 1 saturated carbocycles. The summed E-state index contributed by atoms with van der Waals surface area (Å²) in [5, 5.41) is 19.0. The first kappa shape index (κ1) is 9.23. The van der Waals surface area contributed by atoms with Crippen LogP contribution in [0, 0.1) is 17.2 Å². The van der Waals surface area contributed by atoms with Gasteiger partial charge in [-0.25, -0.2) is 0 Å². The summed E-state index contributed by atoms with van der Waals surface area (Å²) in [4.78, 5) is 0. The Bertz CT molecular complexity index is 386. The van der Waals surface area contributed by atoms with E-state index in [1.165, 1.54) is 0 Å². The van der Waals surface area contributed by atoms with E-state index in [1.54, 1.807) is 12.1 Å². The van der Waals surface area contributed by atoms with Gasteiger partial charge in [0.1, 0.15) is 0 Å². The Kier molecular flexibility index (Phi) is 2.05. The molecule has 1 N–H and O–H groups in total. The second kappa shape index (κ2) is 3.11. The summed E-state index contributed by atoms with van der Waals surface area (Å²) in [7, 11) is 0. The van der Waals surface area contributed by atoms with Crippen LogP contribution in [0.1, 0.15) is 30.9 Å². The largest absolute Gasteiger partial charge is 0.385 e. The molecule has 1 aliphatic rings. The molecule has 1 unspecified atom stereocenters. The molecule has 2 rings (SSSR count). The van der Waals surface area contributed by atoms with E-state index in [0.29, 0.717) is 11.5 Å². The van der Waals surface area contributed by atoms with Crippen molar-refractivity contribution in [1.29, 1.82) is 5.26 Å². The van der Waals surface area contributed by atoms with Crippen molar-refractivity contribution in [2.24, 2.45) is 5.92 Å². The second-order valence-electron chi connectivity index (χ2n) is 4.11. The van der Waals surface area contributed by atoms with Crippen molar-refractivity contribution in [2.75, 3.05) is 0 Å². The van der Waals surface area contributed by atoms with Crippen LogP contribution in [0.25, 0.3) is 0 Å². The lowest BCUT2D eigenvalue weighted by atomic mass is 9.90. The van der Waals surface area contributed by atoms with Gasteiger partial charge in [0.05, 0.1) is 17.2 Å². The topological polar surface area (TPSA) is 44.0 Å². The molecule has 72 valence electrons. The molecule has 0 aromatic heterocycles. The number of hydrogen-bond donors (Lipinski definition) is 1. The number of aliphatic hydroxyl groups is 1. The van der Waals surface area contributed by atoms with Crippen molar-refractivity contribution in [3.8, 4) is 6.07 Å². The maximum Gasteiger partial charge on any atom is 0.0991 e. The fourth-order valence-corrected chi connectivity index (χ4v) is 1.78. The summed E-state index contributed by atoms with van der Waals surface area (Å²) in [5.41, 5.74) is 0.717. The summed E-state index contributed by atoms with van der Waals surface area (Å²) in [6.45, 7) is 1.83. The molecule has 0 bridgehead atoms. The van der Waals surface area contributed by atoms with E-state index in [-0.39, 0.29) is 0 Å². The average molecular weight is 187 g/mol. The third-order valence-electron chi connectivity index (χ3n) is 2.95. The Labute approximate surface area is 83.8 Å². The van der Waals surface area contributed by atoms with Gasteiger partial charge in [-0.3, -0.25) is 0 Å². The zero-order valence-electron chi connectivity index (χ0n) is 8.20. The lowest BCUT2D eigenvalue weighted by molar-refractivity contribution is 0.0330. The average Bonchev–Trinajstić information content (AvgIpc) is 3.01. The molecular formula is C12H13NO. The highest BCUT2D eigenvalue weighted by Crippen LogP contribution is 2.45. The summed E-state index contributed by atoms with van der Waals surface area (Å²) in [6, 6.07) is 9.33. The van der Waals surface area contributed by atoms with Gasteiger partial charge in [-0.1, -0.05) is 12.1 Å². The molecule has 0 radical (unpaired) electrons. The monoisotopic (exact) mass is 187 g/mol. The molecule has 1 aliphatic carbocycles. The van der Waals surface area contributed by atoms with Crippen molar-refractivity contribution >= 4 is 0 Å². The number of nitrogens with zero attached hydrogens (tertiary/aromatic N) is 1. The van der Waals surface area contributed by atoms with Crippen LogP contribution >= 0.6 is 0 Å².